The third-order valence-electron chi connectivity index (χ3n) is 15.6. The quantitative estimate of drug-likeness (QED) is 0.0211. The molecule has 0 radical (unpaired) electrons. The number of unbranched alkanes of at least 4 members (excludes halogenated alkanes) is 36. The van der Waals surface area contributed by atoms with Gasteiger partial charge in [0.15, 0.2) is 6.10 Å². The Hall–Kier alpha value is -3.07. The first-order chi connectivity index (χ1) is 42.0. The van der Waals surface area contributed by atoms with Crippen molar-refractivity contribution in [1.29, 1.82) is 0 Å². The van der Waals surface area contributed by atoms with Crippen molar-refractivity contribution < 1.29 is 42.1 Å². The zero-order valence-electron chi connectivity index (χ0n) is 56.8. The Bertz CT molecular complexity index is 1770. The van der Waals surface area contributed by atoms with E-state index in [1.807, 2.05) is 21.1 Å². The predicted octanol–water partition coefficient (Wildman–Crippen LogP) is 23.5. The van der Waals surface area contributed by atoms with E-state index in [0.717, 1.165) is 77.0 Å². The molecule has 498 valence electrons. The summed E-state index contributed by atoms with van der Waals surface area (Å²) in [5.41, 5.74) is 0. The van der Waals surface area contributed by atoms with E-state index in [9.17, 15) is 19.0 Å². The summed E-state index contributed by atoms with van der Waals surface area (Å²) in [7, 11) is 1.45. The first-order valence-electron chi connectivity index (χ1n) is 36.0. The topological polar surface area (TPSA) is 108 Å². The van der Waals surface area contributed by atoms with Crippen molar-refractivity contribution in [1.82, 2.24) is 0 Å². The van der Waals surface area contributed by atoms with Gasteiger partial charge in [-0.2, -0.15) is 0 Å². The van der Waals surface area contributed by atoms with Crippen molar-refractivity contribution in [2.24, 2.45) is 0 Å². The second kappa shape index (κ2) is 66.4. The highest BCUT2D eigenvalue weighted by atomic mass is 31.2. The average Bonchev–Trinajstić information content (AvgIpc) is 3.67. The number of ether oxygens (including phenoxy) is 2. The van der Waals surface area contributed by atoms with E-state index in [4.69, 9.17) is 18.5 Å². The third kappa shape index (κ3) is 70.0. The number of phosphoric ester groups is 1. The summed E-state index contributed by atoms with van der Waals surface area (Å²) in [6.07, 6.45) is 92.7. The van der Waals surface area contributed by atoms with Gasteiger partial charge in [-0.3, -0.25) is 18.6 Å². The van der Waals surface area contributed by atoms with E-state index in [1.165, 1.54) is 212 Å². The number of rotatable bonds is 66. The van der Waals surface area contributed by atoms with Crippen LogP contribution in [0.3, 0.4) is 0 Å². The molecule has 1 N–H and O–H groups in total. The number of nitrogens with zero attached hydrogens (tertiary/aromatic N) is 1. The van der Waals surface area contributed by atoms with Crippen LogP contribution in [0.2, 0.25) is 0 Å². The van der Waals surface area contributed by atoms with Gasteiger partial charge in [-0.1, -0.05) is 310 Å². The Morgan fingerprint density at radius 2 is 0.663 bits per heavy atom. The van der Waals surface area contributed by atoms with Gasteiger partial charge in [0.2, 0.25) is 0 Å². The molecule has 2 unspecified atom stereocenters. The fraction of sp³-hybridized carbons (Fsp3) is 0.763. The van der Waals surface area contributed by atoms with Crippen LogP contribution in [0.1, 0.15) is 322 Å². The van der Waals surface area contributed by atoms with E-state index >= 15 is 0 Å². The third-order valence-corrected chi connectivity index (χ3v) is 16.6. The van der Waals surface area contributed by atoms with E-state index < -0.39 is 26.5 Å². The molecule has 0 spiro atoms. The van der Waals surface area contributed by atoms with Gasteiger partial charge < -0.3 is 18.9 Å². The molecule has 0 saturated heterocycles. The Kier molecular flexibility index (Phi) is 64.0. The summed E-state index contributed by atoms with van der Waals surface area (Å²) in [6, 6.07) is 0. The molecule has 0 heterocycles. The smallest absolute Gasteiger partial charge is 0.462 e. The predicted molar refractivity (Wildman–Crippen MR) is 372 cm³/mol. The van der Waals surface area contributed by atoms with Crippen LogP contribution in [0.15, 0.2) is 97.2 Å². The van der Waals surface area contributed by atoms with Crippen molar-refractivity contribution in [2.75, 3.05) is 47.5 Å². The number of hydrogen-bond donors (Lipinski definition) is 1. The second-order valence-electron chi connectivity index (χ2n) is 25.2. The average molecular weight is 1220 g/mol. The van der Waals surface area contributed by atoms with E-state index in [0.29, 0.717) is 17.4 Å². The molecule has 0 aromatic carbocycles. The van der Waals surface area contributed by atoms with Crippen LogP contribution < -0.4 is 0 Å². The van der Waals surface area contributed by atoms with Gasteiger partial charge in [-0.05, 0) is 96.3 Å². The molecule has 0 aromatic heterocycles. The minimum absolute atomic E-state index is 0.0200. The Morgan fingerprint density at radius 3 is 1.01 bits per heavy atom. The van der Waals surface area contributed by atoms with Crippen molar-refractivity contribution in [3.8, 4) is 0 Å². The highest BCUT2D eigenvalue weighted by molar-refractivity contribution is 7.47. The monoisotopic (exact) mass is 1220 g/mol. The Balaban J connectivity index is 3.94. The van der Waals surface area contributed by atoms with Crippen LogP contribution in [0.4, 0.5) is 0 Å². The van der Waals surface area contributed by atoms with Crippen molar-refractivity contribution in [3.05, 3.63) is 97.2 Å². The highest BCUT2D eigenvalue weighted by Gasteiger charge is 2.27. The summed E-state index contributed by atoms with van der Waals surface area (Å²) in [6.45, 7) is 4.28. The van der Waals surface area contributed by atoms with Gasteiger partial charge in [-0.15, -0.1) is 0 Å². The first-order valence-corrected chi connectivity index (χ1v) is 37.5. The van der Waals surface area contributed by atoms with Crippen LogP contribution in [0, 0.1) is 0 Å². The number of hydrogen-bond acceptors (Lipinski definition) is 7. The minimum atomic E-state index is -4.41. The van der Waals surface area contributed by atoms with Crippen LogP contribution in [-0.2, 0) is 32.7 Å². The zero-order chi connectivity index (χ0) is 62.6. The molecule has 0 bridgehead atoms. The fourth-order valence-corrected chi connectivity index (χ4v) is 10.9. The number of carbonyl (C=O) groups is 2. The molecule has 86 heavy (non-hydrogen) atoms. The standard InChI is InChI=1S/C76H136NO8P/c1-6-8-10-12-14-16-18-20-22-24-26-28-29-30-31-32-33-34-35-36-37-38-39-40-41-42-43-44-45-46-47-49-50-52-54-56-58-60-62-64-66-68-75(78)82-72-74(73-84-86(80,81)83-71-70-77(3,4)5)85-76(79)69-67-65-63-61-59-57-55-53-51-48-27-25-23-21-19-17-15-13-11-9-7-2/h9,11,15,17-18,20-21,23-24,26-27,48,53,55,59,61,74H,6-8,10,12-14,16,19,22,25,28-47,49-52,54,56-58,60,62-73H2,1-5H3/p+1/b11-9-,17-15-,20-18-,23-21-,26-24-,48-27-,55-53-,61-59-. The molecule has 0 rings (SSSR count). The number of likely N-dealkylation sites (N-methyl/N-ethyl adjacent to an activating group) is 1. The van der Waals surface area contributed by atoms with Gasteiger partial charge in [-0.25, -0.2) is 4.57 Å². The lowest BCUT2D eigenvalue weighted by Gasteiger charge is -2.24. The first kappa shape index (κ1) is 82.9. The summed E-state index contributed by atoms with van der Waals surface area (Å²) >= 11 is 0. The molecule has 0 aromatic rings. The molecule has 0 fully saturated rings. The van der Waals surface area contributed by atoms with Crippen molar-refractivity contribution in [2.45, 2.75) is 328 Å². The number of quaternary nitrogens is 1. The maximum atomic E-state index is 12.8. The molecule has 9 nitrogen and oxygen atoms in total. The minimum Gasteiger partial charge on any atom is -0.462 e. The molecule has 10 heteroatoms. The van der Waals surface area contributed by atoms with Crippen LogP contribution >= 0.6 is 7.82 Å². The maximum absolute atomic E-state index is 12.8. The lowest BCUT2D eigenvalue weighted by molar-refractivity contribution is -0.870. The summed E-state index contributed by atoms with van der Waals surface area (Å²) in [5, 5.41) is 0. The summed E-state index contributed by atoms with van der Waals surface area (Å²) in [5.74, 6) is -0.842. The largest absolute Gasteiger partial charge is 0.472 e. The van der Waals surface area contributed by atoms with E-state index in [1.54, 1.807) is 0 Å². The van der Waals surface area contributed by atoms with E-state index in [-0.39, 0.29) is 32.0 Å². The second-order valence-corrected chi connectivity index (χ2v) is 26.7. The lowest BCUT2D eigenvalue weighted by atomic mass is 10.0. The Labute approximate surface area is 532 Å². The fourth-order valence-electron chi connectivity index (χ4n) is 10.1. The number of phosphoric acid groups is 1. The molecule has 0 amide bonds. The summed E-state index contributed by atoms with van der Waals surface area (Å²) in [4.78, 5) is 35.8. The van der Waals surface area contributed by atoms with Crippen LogP contribution in [-0.4, -0.2) is 74.9 Å². The highest BCUT2D eigenvalue weighted by Crippen LogP contribution is 2.43. The molecule has 0 aliphatic carbocycles. The summed E-state index contributed by atoms with van der Waals surface area (Å²) < 4.78 is 34.6. The molecule has 0 aliphatic rings. The number of carbonyl (C=O) groups excluding carboxylic acids is 2. The van der Waals surface area contributed by atoms with Gasteiger partial charge >= 0.3 is 19.8 Å². The maximum Gasteiger partial charge on any atom is 0.472 e. The van der Waals surface area contributed by atoms with Gasteiger partial charge in [0.1, 0.15) is 19.8 Å². The molecular formula is C76H137NO8P+. The molecular weight excluding hydrogens is 1090 g/mol. The SMILES string of the molecule is CC/C=C\C/C=C\C/C=C\C/C=C\C/C=C\C/C=C\CCCCC(=O)OC(COC(=O)CCCCCCCCCCCCCCCCCCCCCCCCCCCCCCC/C=C\C/C=C\CCCCCCC)COP(=O)(O)OCC[N+](C)(C)C. The van der Waals surface area contributed by atoms with Crippen molar-refractivity contribution >= 4 is 19.8 Å². The van der Waals surface area contributed by atoms with Crippen LogP contribution in [0.25, 0.3) is 0 Å². The van der Waals surface area contributed by atoms with E-state index in [2.05, 4.69) is 111 Å². The molecule has 2 atom stereocenters. The van der Waals surface area contributed by atoms with Gasteiger partial charge in [0, 0.05) is 12.8 Å². The Morgan fingerprint density at radius 1 is 0.372 bits per heavy atom. The zero-order valence-corrected chi connectivity index (χ0v) is 57.7. The van der Waals surface area contributed by atoms with Crippen LogP contribution in [0.5, 0.6) is 0 Å². The normalized spacial score (nSPS) is 13.7. The van der Waals surface area contributed by atoms with Gasteiger partial charge in [0.25, 0.3) is 0 Å². The van der Waals surface area contributed by atoms with Gasteiger partial charge in [0.05, 0.1) is 27.7 Å². The number of allylic oxidation sites excluding steroid dienone is 16. The molecule has 0 saturated carbocycles. The molecule has 0 aliphatic heterocycles. The number of esters is 2. The van der Waals surface area contributed by atoms with Crippen molar-refractivity contribution in [3.63, 3.8) is 0 Å². The lowest BCUT2D eigenvalue weighted by Crippen LogP contribution is -2.37.